The Bertz CT molecular complexity index is 58.7. The molecule has 1 aliphatic heterocycles. The summed E-state index contributed by atoms with van der Waals surface area (Å²) in [7, 11) is 1.93. The third-order valence-corrected chi connectivity index (χ3v) is 1.21. The van der Waals surface area contributed by atoms with E-state index in [9.17, 15) is 0 Å². The number of rotatable bonds is 0. The highest BCUT2D eigenvalue weighted by atomic mass is 35.5. The van der Waals surface area contributed by atoms with E-state index in [0.717, 1.165) is 6.42 Å². The van der Waals surface area contributed by atoms with Crippen LogP contribution in [0.5, 0.6) is 0 Å². The van der Waals surface area contributed by atoms with Gasteiger partial charge in [0.05, 0.1) is 5.50 Å². The van der Waals surface area contributed by atoms with Gasteiger partial charge in [-0.1, -0.05) is 0 Å². The molecule has 1 atom stereocenters. The van der Waals surface area contributed by atoms with Crippen LogP contribution in [0.25, 0.3) is 0 Å². The van der Waals surface area contributed by atoms with Crippen LogP contribution in [0, 0.1) is 6.54 Å². The Hall–Kier alpha value is 0.210. The number of alkyl halides is 1. The molecule has 0 saturated carbocycles. The Labute approximate surface area is 48.4 Å². The van der Waals surface area contributed by atoms with Gasteiger partial charge >= 0.3 is 0 Å². The van der Waals surface area contributed by atoms with E-state index in [0.29, 0.717) is 0 Å². The van der Waals surface area contributed by atoms with Crippen LogP contribution in [0.1, 0.15) is 6.42 Å². The average Bonchev–Trinajstić information content (AvgIpc) is 1.87. The summed E-state index contributed by atoms with van der Waals surface area (Å²) in [6, 6.07) is 0. The Kier molecular flexibility index (Phi) is 1.52. The van der Waals surface area contributed by atoms with Gasteiger partial charge in [-0.05, 0) is 6.42 Å². The van der Waals surface area contributed by atoms with E-state index in [1.54, 1.807) is 0 Å². The van der Waals surface area contributed by atoms with Gasteiger partial charge in [0, 0.05) is 13.6 Å². The molecule has 1 heterocycles. The fourth-order valence-corrected chi connectivity index (χ4v) is 0.811. The first kappa shape index (κ1) is 5.35. The van der Waals surface area contributed by atoms with Crippen molar-refractivity contribution in [2.75, 3.05) is 7.05 Å². The van der Waals surface area contributed by atoms with Gasteiger partial charge in [0.2, 0.25) is 0 Å². The van der Waals surface area contributed by atoms with Crippen molar-refractivity contribution in [3.8, 4) is 0 Å². The van der Waals surface area contributed by atoms with E-state index in [1.807, 2.05) is 18.6 Å². The Balaban J connectivity index is 2.26. The number of hydrazine groups is 1. The minimum absolute atomic E-state index is 0.116. The van der Waals surface area contributed by atoms with Crippen LogP contribution in [-0.4, -0.2) is 17.6 Å². The van der Waals surface area contributed by atoms with Gasteiger partial charge in [0.1, 0.15) is 0 Å². The van der Waals surface area contributed by atoms with Crippen molar-refractivity contribution < 1.29 is 0 Å². The molecule has 0 aromatic carbocycles. The molecule has 0 spiro atoms. The van der Waals surface area contributed by atoms with Crippen LogP contribution in [-0.2, 0) is 0 Å². The van der Waals surface area contributed by atoms with Crippen LogP contribution in [0.2, 0.25) is 0 Å². The Morgan fingerprint density at radius 3 is 2.86 bits per heavy atom. The van der Waals surface area contributed by atoms with Crippen molar-refractivity contribution in [2.24, 2.45) is 0 Å². The lowest BCUT2D eigenvalue weighted by atomic mass is 10.5. The minimum atomic E-state index is 0.116. The zero-order valence-electron chi connectivity index (χ0n) is 4.19. The number of hydrogen-bond acceptors (Lipinski definition) is 2. The van der Waals surface area contributed by atoms with Crippen LogP contribution < -0.4 is 5.43 Å². The molecule has 0 aromatic rings. The second-order valence-corrected chi connectivity index (χ2v) is 2.15. The lowest BCUT2D eigenvalue weighted by molar-refractivity contribution is 0.349. The molecule has 1 aliphatic rings. The first-order valence-electron chi connectivity index (χ1n) is 2.25. The third-order valence-electron chi connectivity index (χ3n) is 0.930. The van der Waals surface area contributed by atoms with E-state index in [-0.39, 0.29) is 5.50 Å². The van der Waals surface area contributed by atoms with Crippen molar-refractivity contribution >= 4 is 11.6 Å². The molecule has 1 radical (unpaired) electrons. The largest absolute Gasteiger partial charge is 0.241 e. The molecule has 1 fully saturated rings. The molecule has 1 unspecified atom stereocenters. The molecule has 1 rings (SSSR count). The third kappa shape index (κ3) is 1.30. The molecule has 0 aromatic heterocycles. The molecule has 41 valence electrons. The molecule has 0 bridgehead atoms. The van der Waals surface area contributed by atoms with E-state index in [2.05, 4.69) is 5.43 Å². The second kappa shape index (κ2) is 1.99. The molecular formula is C4H8ClN2. The van der Waals surface area contributed by atoms with Gasteiger partial charge in [-0.2, -0.15) is 0 Å². The fourth-order valence-electron chi connectivity index (χ4n) is 0.577. The summed E-state index contributed by atoms with van der Waals surface area (Å²) < 4.78 is 0. The first-order valence-corrected chi connectivity index (χ1v) is 2.69. The molecule has 7 heavy (non-hydrogen) atoms. The number of halogens is 1. The summed E-state index contributed by atoms with van der Waals surface area (Å²) in [4.78, 5) is 0. The van der Waals surface area contributed by atoms with Crippen molar-refractivity contribution in [2.45, 2.75) is 11.9 Å². The summed E-state index contributed by atoms with van der Waals surface area (Å²) in [5.41, 5.74) is 3.08. The Morgan fingerprint density at radius 2 is 2.71 bits per heavy atom. The van der Waals surface area contributed by atoms with Crippen LogP contribution in [0.3, 0.4) is 0 Å². The molecule has 0 aliphatic carbocycles. The summed E-state index contributed by atoms with van der Waals surface area (Å²) in [6.07, 6.45) is 0.929. The van der Waals surface area contributed by atoms with Crippen molar-refractivity contribution in [1.29, 1.82) is 0 Å². The molecule has 2 nitrogen and oxygen atoms in total. The predicted molar refractivity (Wildman–Crippen MR) is 29.5 cm³/mol. The number of nitrogens with one attached hydrogen (secondary N) is 1. The molecule has 3 heteroatoms. The summed E-state index contributed by atoms with van der Waals surface area (Å²) in [6.45, 7) is 2.01. The number of hydrogen-bond donors (Lipinski definition) is 1. The van der Waals surface area contributed by atoms with Crippen LogP contribution in [0.15, 0.2) is 0 Å². The summed E-state index contributed by atoms with van der Waals surface area (Å²) in [5.74, 6) is 0. The number of nitrogens with zero attached hydrogens (tertiary/aromatic N) is 1. The maximum absolute atomic E-state index is 5.62. The monoisotopic (exact) mass is 119 g/mol. The van der Waals surface area contributed by atoms with Gasteiger partial charge in [0.25, 0.3) is 0 Å². The summed E-state index contributed by atoms with van der Waals surface area (Å²) in [5, 5.41) is 1.87. The maximum atomic E-state index is 5.62. The second-order valence-electron chi connectivity index (χ2n) is 1.63. The average molecular weight is 120 g/mol. The lowest BCUT2D eigenvalue weighted by Crippen LogP contribution is -2.27. The van der Waals surface area contributed by atoms with Gasteiger partial charge in [0.15, 0.2) is 0 Å². The van der Waals surface area contributed by atoms with Gasteiger partial charge in [-0.3, -0.25) is 0 Å². The van der Waals surface area contributed by atoms with Crippen LogP contribution >= 0.6 is 11.6 Å². The highest BCUT2D eigenvalue weighted by molar-refractivity contribution is 6.20. The van der Waals surface area contributed by atoms with Gasteiger partial charge in [-0.25, -0.2) is 10.4 Å². The smallest absolute Gasteiger partial charge is 0.0969 e. The molecular weight excluding hydrogens is 112 g/mol. The van der Waals surface area contributed by atoms with Gasteiger partial charge < -0.3 is 0 Å². The standard InChI is InChI=1S/C4H8ClN2/c1-7-3-2-4(5)6-7/h3-4,6H,2H2,1H3. The molecule has 1 N–H and O–H groups in total. The molecule has 0 amide bonds. The van der Waals surface area contributed by atoms with Crippen molar-refractivity contribution in [3.63, 3.8) is 0 Å². The zero-order chi connectivity index (χ0) is 5.28. The normalized spacial score (nSPS) is 34.3. The topological polar surface area (TPSA) is 15.3 Å². The van der Waals surface area contributed by atoms with Crippen molar-refractivity contribution in [3.05, 3.63) is 6.54 Å². The SMILES string of the molecule is CN1[CH]CC(Cl)N1. The first-order chi connectivity index (χ1) is 3.29. The van der Waals surface area contributed by atoms with E-state index in [4.69, 9.17) is 11.6 Å². The van der Waals surface area contributed by atoms with E-state index < -0.39 is 0 Å². The van der Waals surface area contributed by atoms with E-state index in [1.165, 1.54) is 0 Å². The fraction of sp³-hybridized carbons (Fsp3) is 0.750. The van der Waals surface area contributed by atoms with Crippen molar-refractivity contribution in [1.82, 2.24) is 10.4 Å². The maximum Gasteiger partial charge on any atom is 0.0969 e. The summed E-state index contributed by atoms with van der Waals surface area (Å²) >= 11 is 5.62. The van der Waals surface area contributed by atoms with Crippen LogP contribution in [0.4, 0.5) is 0 Å². The highest BCUT2D eigenvalue weighted by Gasteiger charge is 2.14. The van der Waals surface area contributed by atoms with Gasteiger partial charge in [-0.15, -0.1) is 11.6 Å². The Morgan fingerprint density at radius 1 is 2.00 bits per heavy atom. The minimum Gasteiger partial charge on any atom is -0.241 e. The van der Waals surface area contributed by atoms with E-state index >= 15 is 0 Å². The molecule has 1 saturated heterocycles. The quantitative estimate of drug-likeness (QED) is 0.370. The zero-order valence-corrected chi connectivity index (χ0v) is 4.94. The lowest BCUT2D eigenvalue weighted by Gasteiger charge is -2.05. The highest BCUT2D eigenvalue weighted by Crippen LogP contribution is 2.09. The predicted octanol–water partition coefficient (Wildman–Crippen LogP) is 0.553.